The minimum atomic E-state index is 0.0368. The molecular weight excluding hydrogens is 214 g/mol. The second kappa shape index (κ2) is 3.74. The fourth-order valence-corrected chi connectivity index (χ4v) is 2.69. The lowest BCUT2D eigenvalue weighted by atomic mass is 9.94. The van der Waals surface area contributed by atoms with E-state index >= 15 is 0 Å². The zero-order valence-corrected chi connectivity index (χ0v) is 9.98. The van der Waals surface area contributed by atoms with E-state index in [1.54, 1.807) is 6.07 Å². The monoisotopic (exact) mass is 231 g/mol. The normalized spacial score (nSPS) is 16.4. The third kappa shape index (κ3) is 1.60. The highest BCUT2D eigenvalue weighted by Crippen LogP contribution is 2.34. The third-order valence-electron chi connectivity index (χ3n) is 3.35. The van der Waals surface area contributed by atoms with Crippen molar-refractivity contribution in [2.24, 2.45) is 5.73 Å². The molecule has 1 aromatic carbocycles. The topological polar surface area (TPSA) is 64.1 Å². The summed E-state index contributed by atoms with van der Waals surface area (Å²) in [6, 6.07) is 3.82. The second-order valence-corrected chi connectivity index (χ2v) is 4.93. The number of phenolic OH excluding ortho intramolecular Hbond substituents is 1. The number of nitrogens with two attached hydrogens (primary N) is 1. The van der Waals surface area contributed by atoms with Crippen molar-refractivity contribution in [3.8, 4) is 5.75 Å². The number of nitrogens with zero attached hydrogens (tertiary/aromatic N) is 2. The van der Waals surface area contributed by atoms with E-state index in [-0.39, 0.29) is 6.04 Å². The Kier molecular flexibility index (Phi) is 2.33. The molecule has 0 spiro atoms. The van der Waals surface area contributed by atoms with Gasteiger partial charge in [-0.25, -0.2) is 0 Å². The van der Waals surface area contributed by atoms with Gasteiger partial charge in [-0.2, -0.15) is 5.10 Å². The standard InChI is InChI=1S/C13H17N3O/c1-8(14)7-16-13-11(17)6-5-9-3-2-4-10(15-16)12(9)13/h5-6,8,17H,2-4,7,14H2,1H3. The van der Waals surface area contributed by atoms with Crippen LogP contribution in [0.5, 0.6) is 5.75 Å². The van der Waals surface area contributed by atoms with Gasteiger partial charge in [0.1, 0.15) is 11.3 Å². The predicted molar refractivity (Wildman–Crippen MR) is 67.1 cm³/mol. The van der Waals surface area contributed by atoms with E-state index in [0.29, 0.717) is 12.3 Å². The van der Waals surface area contributed by atoms with Crippen LogP contribution in [0.25, 0.3) is 10.9 Å². The average Bonchev–Trinajstić information content (AvgIpc) is 2.63. The van der Waals surface area contributed by atoms with Gasteiger partial charge in [-0.15, -0.1) is 0 Å². The fraction of sp³-hybridized carbons (Fsp3) is 0.462. The van der Waals surface area contributed by atoms with Crippen molar-refractivity contribution in [3.63, 3.8) is 0 Å². The van der Waals surface area contributed by atoms with Crippen LogP contribution in [0, 0.1) is 0 Å². The third-order valence-corrected chi connectivity index (χ3v) is 3.35. The Balaban J connectivity index is 2.28. The van der Waals surface area contributed by atoms with E-state index in [0.717, 1.165) is 35.9 Å². The summed E-state index contributed by atoms with van der Waals surface area (Å²) in [7, 11) is 0. The number of benzene rings is 1. The number of aryl methyl sites for hydroxylation is 2. The molecule has 90 valence electrons. The Morgan fingerprint density at radius 1 is 1.47 bits per heavy atom. The van der Waals surface area contributed by atoms with Crippen LogP contribution in [0.15, 0.2) is 12.1 Å². The highest BCUT2D eigenvalue weighted by Gasteiger charge is 2.20. The van der Waals surface area contributed by atoms with E-state index < -0.39 is 0 Å². The molecule has 0 radical (unpaired) electrons. The quantitative estimate of drug-likeness (QED) is 0.824. The molecule has 4 nitrogen and oxygen atoms in total. The molecular formula is C13H17N3O. The first-order valence-electron chi connectivity index (χ1n) is 6.12. The Morgan fingerprint density at radius 3 is 3.06 bits per heavy atom. The van der Waals surface area contributed by atoms with Crippen LogP contribution in [0.2, 0.25) is 0 Å². The van der Waals surface area contributed by atoms with Crippen LogP contribution in [0.4, 0.5) is 0 Å². The molecule has 1 heterocycles. The molecule has 2 aromatic rings. The first-order chi connectivity index (χ1) is 8.16. The summed E-state index contributed by atoms with van der Waals surface area (Å²) in [5.74, 6) is 0.310. The molecule has 1 aliphatic carbocycles. The van der Waals surface area contributed by atoms with Crippen molar-refractivity contribution in [1.82, 2.24) is 9.78 Å². The van der Waals surface area contributed by atoms with Crippen LogP contribution in [-0.2, 0) is 19.4 Å². The van der Waals surface area contributed by atoms with E-state index in [1.807, 2.05) is 17.7 Å². The molecule has 0 saturated carbocycles. The molecule has 0 aliphatic heterocycles. The van der Waals surface area contributed by atoms with Crippen molar-refractivity contribution in [3.05, 3.63) is 23.4 Å². The molecule has 1 aliphatic rings. The number of aromatic hydroxyl groups is 1. The van der Waals surface area contributed by atoms with Gasteiger partial charge in [0.2, 0.25) is 0 Å². The van der Waals surface area contributed by atoms with Gasteiger partial charge in [0, 0.05) is 11.4 Å². The Bertz CT molecular complexity index is 572. The van der Waals surface area contributed by atoms with Crippen molar-refractivity contribution in [2.45, 2.75) is 38.8 Å². The van der Waals surface area contributed by atoms with Crippen LogP contribution < -0.4 is 5.73 Å². The average molecular weight is 231 g/mol. The highest BCUT2D eigenvalue weighted by atomic mass is 16.3. The maximum absolute atomic E-state index is 10.0. The number of aromatic nitrogens is 2. The van der Waals surface area contributed by atoms with Gasteiger partial charge >= 0.3 is 0 Å². The van der Waals surface area contributed by atoms with Gasteiger partial charge in [0.25, 0.3) is 0 Å². The fourth-order valence-electron chi connectivity index (χ4n) is 2.69. The van der Waals surface area contributed by atoms with E-state index in [1.165, 1.54) is 5.56 Å². The van der Waals surface area contributed by atoms with Crippen LogP contribution in [0.1, 0.15) is 24.6 Å². The summed E-state index contributed by atoms with van der Waals surface area (Å²) in [5.41, 5.74) is 9.09. The summed E-state index contributed by atoms with van der Waals surface area (Å²) in [5, 5.41) is 15.8. The Hall–Kier alpha value is -1.55. The molecule has 3 rings (SSSR count). The minimum Gasteiger partial charge on any atom is -0.506 e. The van der Waals surface area contributed by atoms with Gasteiger partial charge in [-0.05, 0) is 37.8 Å². The number of hydrogen-bond donors (Lipinski definition) is 2. The summed E-state index contributed by atoms with van der Waals surface area (Å²) < 4.78 is 1.86. The van der Waals surface area contributed by atoms with E-state index in [9.17, 15) is 5.11 Å². The molecule has 3 N–H and O–H groups in total. The molecule has 0 saturated heterocycles. The second-order valence-electron chi connectivity index (χ2n) is 4.93. The molecule has 0 bridgehead atoms. The van der Waals surface area contributed by atoms with E-state index in [4.69, 9.17) is 5.73 Å². The molecule has 4 heteroatoms. The number of rotatable bonds is 2. The van der Waals surface area contributed by atoms with E-state index in [2.05, 4.69) is 5.10 Å². The first-order valence-corrected chi connectivity index (χ1v) is 6.12. The first kappa shape index (κ1) is 10.6. The summed E-state index contributed by atoms with van der Waals surface area (Å²) in [6.45, 7) is 2.60. The lowest BCUT2D eigenvalue weighted by Crippen LogP contribution is -2.22. The largest absolute Gasteiger partial charge is 0.506 e. The molecule has 1 atom stereocenters. The Morgan fingerprint density at radius 2 is 2.29 bits per heavy atom. The van der Waals surface area contributed by atoms with Crippen LogP contribution >= 0.6 is 0 Å². The van der Waals surface area contributed by atoms with Crippen LogP contribution in [0.3, 0.4) is 0 Å². The lowest BCUT2D eigenvalue weighted by molar-refractivity contribution is 0.471. The van der Waals surface area contributed by atoms with Crippen molar-refractivity contribution in [2.75, 3.05) is 0 Å². The van der Waals surface area contributed by atoms with Gasteiger partial charge in [0.05, 0.1) is 12.2 Å². The Labute approximate surface area is 100 Å². The van der Waals surface area contributed by atoms with Crippen molar-refractivity contribution in [1.29, 1.82) is 0 Å². The van der Waals surface area contributed by atoms with Crippen molar-refractivity contribution < 1.29 is 5.11 Å². The molecule has 1 unspecified atom stereocenters. The summed E-state index contributed by atoms with van der Waals surface area (Å²) in [4.78, 5) is 0. The van der Waals surface area contributed by atoms with Gasteiger partial charge < -0.3 is 10.8 Å². The SMILES string of the molecule is CC(N)Cn1nc2c3c(ccc(O)c31)CCC2. The predicted octanol–water partition coefficient (Wildman–Crippen LogP) is 1.58. The van der Waals surface area contributed by atoms with Gasteiger partial charge in [0.15, 0.2) is 0 Å². The zero-order valence-electron chi connectivity index (χ0n) is 9.98. The molecule has 17 heavy (non-hydrogen) atoms. The number of hydrogen-bond acceptors (Lipinski definition) is 3. The summed E-state index contributed by atoms with van der Waals surface area (Å²) >= 11 is 0. The lowest BCUT2D eigenvalue weighted by Gasteiger charge is -2.11. The highest BCUT2D eigenvalue weighted by molar-refractivity contribution is 5.90. The maximum atomic E-state index is 10.0. The van der Waals surface area contributed by atoms with Gasteiger partial charge in [-0.1, -0.05) is 6.07 Å². The number of phenols is 1. The minimum absolute atomic E-state index is 0.0368. The zero-order chi connectivity index (χ0) is 12.0. The van der Waals surface area contributed by atoms with Crippen molar-refractivity contribution >= 4 is 10.9 Å². The summed E-state index contributed by atoms with van der Waals surface area (Å²) in [6.07, 6.45) is 3.22. The molecule has 1 aromatic heterocycles. The molecule has 0 fully saturated rings. The maximum Gasteiger partial charge on any atom is 0.141 e. The van der Waals surface area contributed by atoms with Crippen LogP contribution in [-0.4, -0.2) is 20.9 Å². The smallest absolute Gasteiger partial charge is 0.141 e. The molecule has 0 amide bonds. The van der Waals surface area contributed by atoms with Gasteiger partial charge in [-0.3, -0.25) is 4.68 Å².